The van der Waals surface area contributed by atoms with Gasteiger partial charge in [0.25, 0.3) is 0 Å². The van der Waals surface area contributed by atoms with Crippen LogP contribution in [0.4, 0.5) is 17.2 Å². The molecule has 0 unspecified atom stereocenters. The Morgan fingerprint density at radius 2 is 1.79 bits per heavy atom. The van der Waals surface area contributed by atoms with E-state index in [2.05, 4.69) is 15.6 Å². The van der Waals surface area contributed by atoms with E-state index in [4.69, 9.17) is 0 Å². The van der Waals surface area contributed by atoms with Crippen LogP contribution >= 0.6 is 0 Å². The van der Waals surface area contributed by atoms with Crippen molar-refractivity contribution in [2.75, 3.05) is 10.6 Å². The zero-order valence-corrected chi connectivity index (χ0v) is 11.1. The second-order valence-corrected chi connectivity index (χ2v) is 4.32. The Morgan fingerprint density at radius 1 is 1.11 bits per heavy atom. The molecule has 0 aliphatic heterocycles. The summed E-state index contributed by atoms with van der Waals surface area (Å²) in [6.45, 7) is 3.86. The first-order chi connectivity index (χ1) is 9.17. The van der Waals surface area contributed by atoms with Gasteiger partial charge in [0.2, 0.25) is 5.91 Å². The molecule has 2 aromatic rings. The summed E-state index contributed by atoms with van der Waals surface area (Å²) in [6, 6.07) is 11.8. The number of benzene rings is 1. The molecule has 4 heteroatoms. The van der Waals surface area contributed by atoms with Crippen molar-refractivity contribution < 1.29 is 4.79 Å². The number of aryl methyl sites for hydroxylation is 1. The van der Waals surface area contributed by atoms with Crippen LogP contribution in [0.5, 0.6) is 0 Å². The van der Waals surface area contributed by atoms with Crippen LogP contribution in [0.1, 0.15) is 18.9 Å². The molecule has 0 saturated heterocycles. The number of hydrogen-bond donors (Lipinski definition) is 2. The number of amides is 1. The number of pyridine rings is 1. The summed E-state index contributed by atoms with van der Waals surface area (Å²) in [5.74, 6) is 0.736. The van der Waals surface area contributed by atoms with Gasteiger partial charge in [0.05, 0.1) is 11.9 Å². The number of aromatic nitrogens is 1. The molecule has 1 heterocycles. The molecule has 2 N–H and O–H groups in total. The molecule has 0 radical (unpaired) electrons. The van der Waals surface area contributed by atoms with Gasteiger partial charge in [-0.1, -0.05) is 24.6 Å². The normalized spacial score (nSPS) is 10.0. The first kappa shape index (κ1) is 13.1. The number of carbonyl (C=O) groups excluding carboxylic acids is 1. The van der Waals surface area contributed by atoms with Gasteiger partial charge in [0.15, 0.2) is 0 Å². The lowest BCUT2D eigenvalue weighted by atomic mass is 10.2. The minimum atomic E-state index is -0.0129. The molecule has 1 aromatic heterocycles. The molecule has 0 aliphatic carbocycles. The number of carbonyl (C=O) groups is 1. The van der Waals surface area contributed by atoms with Gasteiger partial charge in [-0.05, 0) is 31.2 Å². The molecule has 4 nitrogen and oxygen atoms in total. The molecule has 0 spiro atoms. The van der Waals surface area contributed by atoms with Crippen molar-refractivity contribution in [2.24, 2.45) is 0 Å². The van der Waals surface area contributed by atoms with Crippen LogP contribution in [0.2, 0.25) is 0 Å². The Labute approximate surface area is 112 Å². The van der Waals surface area contributed by atoms with Crippen LogP contribution < -0.4 is 10.6 Å². The van der Waals surface area contributed by atoms with Gasteiger partial charge >= 0.3 is 0 Å². The summed E-state index contributed by atoms with van der Waals surface area (Å²) in [7, 11) is 0. The topological polar surface area (TPSA) is 54.0 Å². The number of rotatable bonds is 4. The molecule has 98 valence electrons. The molecular weight excluding hydrogens is 238 g/mol. The van der Waals surface area contributed by atoms with E-state index in [0.29, 0.717) is 12.1 Å². The lowest BCUT2D eigenvalue weighted by Crippen LogP contribution is -2.09. The zero-order valence-electron chi connectivity index (χ0n) is 11.1. The third-order valence-corrected chi connectivity index (χ3v) is 2.69. The van der Waals surface area contributed by atoms with E-state index in [1.807, 2.05) is 50.2 Å². The van der Waals surface area contributed by atoms with E-state index in [1.54, 1.807) is 6.20 Å². The van der Waals surface area contributed by atoms with E-state index < -0.39 is 0 Å². The maximum atomic E-state index is 11.2. The SMILES string of the molecule is CCC(=O)Nc1ccc(Nc2ccc(C)cc2)nc1. The van der Waals surface area contributed by atoms with Crippen LogP contribution in [-0.4, -0.2) is 10.9 Å². The zero-order chi connectivity index (χ0) is 13.7. The van der Waals surface area contributed by atoms with Gasteiger partial charge in [-0.2, -0.15) is 0 Å². The van der Waals surface area contributed by atoms with Gasteiger partial charge in [-0.15, -0.1) is 0 Å². The minimum absolute atomic E-state index is 0.0129. The average molecular weight is 255 g/mol. The van der Waals surface area contributed by atoms with Crippen molar-refractivity contribution >= 4 is 23.1 Å². The van der Waals surface area contributed by atoms with Crippen LogP contribution in [0, 0.1) is 6.92 Å². The molecular formula is C15H17N3O. The Kier molecular flexibility index (Phi) is 4.13. The van der Waals surface area contributed by atoms with E-state index >= 15 is 0 Å². The molecule has 0 fully saturated rings. The average Bonchev–Trinajstić information content (AvgIpc) is 2.43. The minimum Gasteiger partial charge on any atom is -0.340 e. The fourth-order valence-electron chi connectivity index (χ4n) is 1.58. The number of nitrogens with one attached hydrogen (secondary N) is 2. The highest BCUT2D eigenvalue weighted by molar-refractivity contribution is 5.90. The van der Waals surface area contributed by atoms with Gasteiger partial charge in [0.1, 0.15) is 5.82 Å². The first-order valence-electron chi connectivity index (χ1n) is 6.27. The fraction of sp³-hybridized carbons (Fsp3) is 0.200. The van der Waals surface area contributed by atoms with Crippen molar-refractivity contribution in [1.29, 1.82) is 0 Å². The van der Waals surface area contributed by atoms with Crippen molar-refractivity contribution in [1.82, 2.24) is 4.98 Å². The Morgan fingerprint density at radius 3 is 2.37 bits per heavy atom. The lowest BCUT2D eigenvalue weighted by Gasteiger charge is -2.07. The Bertz CT molecular complexity index is 547. The van der Waals surface area contributed by atoms with E-state index in [9.17, 15) is 4.79 Å². The lowest BCUT2D eigenvalue weighted by molar-refractivity contribution is -0.115. The Hall–Kier alpha value is -2.36. The van der Waals surface area contributed by atoms with Gasteiger partial charge in [-0.25, -0.2) is 4.98 Å². The summed E-state index contributed by atoms with van der Waals surface area (Å²) in [4.78, 5) is 15.5. The Balaban J connectivity index is 2.02. The predicted octanol–water partition coefficient (Wildman–Crippen LogP) is 3.48. The summed E-state index contributed by atoms with van der Waals surface area (Å²) in [5.41, 5.74) is 2.92. The standard InChI is InChI=1S/C15H17N3O/c1-3-15(19)18-13-8-9-14(16-10-13)17-12-6-4-11(2)5-7-12/h4-10H,3H2,1-2H3,(H,16,17)(H,18,19). The molecule has 2 rings (SSSR count). The molecule has 0 bridgehead atoms. The quantitative estimate of drug-likeness (QED) is 0.879. The van der Waals surface area contributed by atoms with Crippen molar-refractivity contribution in [3.8, 4) is 0 Å². The first-order valence-corrected chi connectivity index (χ1v) is 6.27. The molecule has 19 heavy (non-hydrogen) atoms. The number of hydrogen-bond acceptors (Lipinski definition) is 3. The number of nitrogens with zero attached hydrogens (tertiary/aromatic N) is 1. The van der Waals surface area contributed by atoms with Gasteiger partial charge in [0, 0.05) is 12.1 Å². The third kappa shape index (κ3) is 3.81. The highest BCUT2D eigenvalue weighted by Crippen LogP contribution is 2.16. The summed E-state index contributed by atoms with van der Waals surface area (Å²) in [5, 5.41) is 5.96. The van der Waals surface area contributed by atoms with E-state index in [1.165, 1.54) is 5.56 Å². The van der Waals surface area contributed by atoms with Crippen LogP contribution in [-0.2, 0) is 4.79 Å². The second-order valence-electron chi connectivity index (χ2n) is 4.32. The number of anilines is 3. The molecule has 0 atom stereocenters. The summed E-state index contributed by atoms with van der Waals surface area (Å²) < 4.78 is 0. The second kappa shape index (κ2) is 6.00. The summed E-state index contributed by atoms with van der Waals surface area (Å²) >= 11 is 0. The van der Waals surface area contributed by atoms with Crippen LogP contribution in [0.3, 0.4) is 0 Å². The van der Waals surface area contributed by atoms with Crippen molar-refractivity contribution in [3.63, 3.8) is 0 Å². The third-order valence-electron chi connectivity index (χ3n) is 2.69. The summed E-state index contributed by atoms with van der Waals surface area (Å²) in [6.07, 6.45) is 2.10. The molecule has 0 saturated carbocycles. The van der Waals surface area contributed by atoms with Crippen LogP contribution in [0.15, 0.2) is 42.6 Å². The highest BCUT2D eigenvalue weighted by atomic mass is 16.1. The molecule has 1 aromatic carbocycles. The largest absolute Gasteiger partial charge is 0.340 e. The van der Waals surface area contributed by atoms with E-state index in [0.717, 1.165) is 11.5 Å². The van der Waals surface area contributed by atoms with Gasteiger partial charge in [-0.3, -0.25) is 4.79 Å². The maximum Gasteiger partial charge on any atom is 0.224 e. The fourth-order valence-corrected chi connectivity index (χ4v) is 1.58. The smallest absolute Gasteiger partial charge is 0.224 e. The van der Waals surface area contributed by atoms with E-state index in [-0.39, 0.29) is 5.91 Å². The van der Waals surface area contributed by atoms with Crippen molar-refractivity contribution in [3.05, 3.63) is 48.2 Å². The predicted molar refractivity (Wildman–Crippen MR) is 77.6 cm³/mol. The monoisotopic (exact) mass is 255 g/mol. The van der Waals surface area contributed by atoms with Gasteiger partial charge < -0.3 is 10.6 Å². The van der Waals surface area contributed by atoms with Crippen LogP contribution in [0.25, 0.3) is 0 Å². The maximum absolute atomic E-state index is 11.2. The van der Waals surface area contributed by atoms with Crippen molar-refractivity contribution in [2.45, 2.75) is 20.3 Å². The highest BCUT2D eigenvalue weighted by Gasteiger charge is 2.00. The molecule has 0 aliphatic rings. The molecule has 1 amide bonds.